The molecule has 11 aromatic rings. The summed E-state index contributed by atoms with van der Waals surface area (Å²) < 4.78 is 0. The zero-order valence-electron chi connectivity index (χ0n) is 36.4. The van der Waals surface area contributed by atoms with Crippen LogP contribution in [0.2, 0.25) is 0 Å². The number of rotatable bonds is 6. The Morgan fingerprint density at radius 2 is 0.941 bits per heavy atom. The van der Waals surface area contributed by atoms with E-state index >= 15 is 0 Å². The van der Waals surface area contributed by atoms with E-state index < -0.39 is 0 Å². The van der Waals surface area contributed by atoms with Crippen LogP contribution in [0.3, 0.4) is 0 Å². The van der Waals surface area contributed by atoms with Gasteiger partial charge in [0, 0.05) is 80.3 Å². The van der Waals surface area contributed by atoms with Crippen molar-refractivity contribution in [3.8, 4) is 45.6 Å². The Balaban J connectivity index is 1.02. The van der Waals surface area contributed by atoms with Gasteiger partial charge in [0.2, 0.25) is 0 Å². The standard InChI is InChI=1S/C58H36N10/c1-10-33-24-25-39-41(53-63-54(42-20-2-11-34-16-6-28-59-49(34)42)65-55(64-53)43-21-3-12-35-17-7-29-60-50(35)43)27-26-40-46(32-38(15-1)47(33)48(39)40)58-67-56(44-22-4-13-36-18-8-30-61-51(36)44)66-57(68-58)45-23-5-14-37-19-9-31-62-52(37)45/h1-4,6-13,15-24,26-32,39H,5,14,25H2. The average molecular weight is 873 g/mol. The normalized spacial score (nSPS) is 14.9. The summed E-state index contributed by atoms with van der Waals surface area (Å²) in [5, 5.41) is 7.60. The number of hydrogen-bond acceptors (Lipinski definition) is 10. The SMILES string of the molecule is C1=C(c2nc(-c3cc4cccc5c4c4c3=CC=C(c3nc(-c6cccc7cccnc67)nc(-c6cccc7cccnc67)n3)C4CC=5)nc(-c3cccc4cccnc34)n2)c2ncccc2CC1. The van der Waals surface area contributed by atoms with Crippen LogP contribution >= 0.6 is 0 Å². The molecule has 0 N–H and O–H groups in total. The van der Waals surface area contributed by atoms with Crippen molar-refractivity contribution in [3.05, 3.63) is 203 Å². The summed E-state index contributed by atoms with van der Waals surface area (Å²) in [7, 11) is 0. The van der Waals surface area contributed by atoms with Gasteiger partial charge in [0.25, 0.3) is 0 Å². The van der Waals surface area contributed by atoms with Gasteiger partial charge in [-0.05, 0) is 100 Å². The van der Waals surface area contributed by atoms with Gasteiger partial charge in [-0.3, -0.25) is 19.9 Å². The number of hydrogen-bond donors (Lipinski definition) is 0. The second kappa shape index (κ2) is 15.3. The fourth-order valence-electron chi connectivity index (χ4n) is 10.5. The van der Waals surface area contributed by atoms with Crippen LogP contribution in [0.15, 0.2) is 164 Å². The van der Waals surface area contributed by atoms with Crippen LogP contribution in [-0.2, 0) is 6.42 Å². The van der Waals surface area contributed by atoms with Gasteiger partial charge < -0.3 is 0 Å². The number of pyridine rings is 4. The number of nitrogens with zero attached hydrogens (tertiary/aromatic N) is 10. The Bertz CT molecular complexity index is 4050. The van der Waals surface area contributed by atoms with Gasteiger partial charge in [-0.15, -0.1) is 0 Å². The molecule has 10 nitrogen and oxygen atoms in total. The van der Waals surface area contributed by atoms with Crippen molar-refractivity contribution < 1.29 is 0 Å². The van der Waals surface area contributed by atoms with Crippen LogP contribution < -0.4 is 10.4 Å². The first-order chi connectivity index (χ1) is 33.7. The molecule has 318 valence electrons. The maximum Gasteiger partial charge on any atom is 0.166 e. The van der Waals surface area contributed by atoms with Gasteiger partial charge in [-0.25, -0.2) is 29.9 Å². The molecule has 0 bridgehead atoms. The number of benzene rings is 5. The molecule has 1 atom stereocenters. The monoisotopic (exact) mass is 872 g/mol. The summed E-state index contributed by atoms with van der Waals surface area (Å²) in [6.07, 6.45) is 18.8. The van der Waals surface area contributed by atoms with Crippen LogP contribution in [0.4, 0.5) is 0 Å². The molecule has 0 aliphatic heterocycles. The second-order valence-corrected chi connectivity index (χ2v) is 17.4. The van der Waals surface area contributed by atoms with Crippen molar-refractivity contribution in [2.75, 3.05) is 0 Å². The maximum atomic E-state index is 5.39. The summed E-state index contributed by atoms with van der Waals surface area (Å²) in [5.41, 5.74) is 11.1. The Hall–Kier alpha value is -9.02. The van der Waals surface area contributed by atoms with E-state index in [1.165, 1.54) is 21.7 Å². The fraction of sp³-hybridized carbons (Fsp3) is 0.0690. The second-order valence-electron chi connectivity index (χ2n) is 17.4. The summed E-state index contributed by atoms with van der Waals surface area (Å²) >= 11 is 0. The summed E-state index contributed by atoms with van der Waals surface area (Å²) in [6, 6.07) is 43.4. The molecule has 0 amide bonds. The highest BCUT2D eigenvalue weighted by atomic mass is 15.1. The Kier molecular flexibility index (Phi) is 8.60. The molecule has 5 aromatic carbocycles. The Morgan fingerprint density at radius 3 is 1.57 bits per heavy atom. The molecule has 68 heavy (non-hydrogen) atoms. The first-order valence-corrected chi connectivity index (χ1v) is 22.9. The van der Waals surface area contributed by atoms with Crippen molar-refractivity contribution in [2.45, 2.75) is 25.2 Å². The lowest BCUT2D eigenvalue weighted by Crippen LogP contribution is -2.27. The van der Waals surface area contributed by atoms with Crippen LogP contribution in [0, 0.1) is 0 Å². The Labute approximate surface area is 389 Å². The van der Waals surface area contributed by atoms with Gasteiger partial charge in [0.1, 0.15) is 0 Å². The number of aromatic nitrogens is 10. The van der Waals surface area contributed by atoms with Crippen LogP contribution in [0.1, 0.15) is 47.2 Å². The first-order valence-electron chi connectivity index (χ1n) is 22.9. The van der Waals surface area contributed by atoms with E-state index in [-0.39, 0.29) is 5.92 Å². The van der Waals surface area contributed by atoms with E-state index in [0.29, 0.717) is 34.9 Å². The lowest BCUT2D eigenvalue weighted by molar-refractivity contribution is 0.873. The molecule has 6 aromatic heterocycles. The average Bonchev–Trinajstić information content (AvgIpc) is 3.41. The van der Waals surface area contributed by atoms with E-state index in [2.05, 4.69) is 91.0 Å². The van der Waals surface area contributed by atoms with Gasteiger partial charge in [-0.2, -0.15) is 0 Å². The topological polar surface area (TPSA) is 129 Å². The molecule has 3 aliphatic rings. The van der Waals surface area contributed by atoms with E-state index in [0.717, 1.165) is 102 Å². The van der Waals surface area contributed by atoms with E-state index in [1.807, 2.05) is 85.5 Å². The van der Waals surface area contributed by atoms with Crippen molar-refractivity contribution in [3.63, 3.8) is 0 Å². The van der Waals surface area contributed by atoms with E-state index in [1.54, 1.807) is 0 Å². The van der Waals surface area contributed by atoms with Gasteiger partial charge in [0.15, 0.2) is 34.9 Å². The molecule has 10 heteroatoms. The van der Waals surface area contributed by atoms with Crippen LogP contribution in [0.5, 0.6) is 0 Å². The number of para-hydroxylation sites is 3. The lowest BCUT2D eigenvalue weighted by Gasteiger charge is -2.28. The summed E-state index contributed by atoms with van der Waals surface area (Å²) in [4.78, 5) is 51.2. The van der Waals surface area contributed by atoms with Gasteiger partial charge in [0.05, 0.1) is 22.2 Å². The predicted molar refractivity (Wildman–Crippen MR) is 268 cm³/mol. The van der Waals surface area contributed by atoms with Crippen molar-refractivity contribution in [1.29, 1.82) is 0 Å². The lowest BCUT2D eigenvalue weighted by atomic mass is 9.76. The number of allylic oxidation sites excluding steroid dienone is 3. The molecule has 6 heterocycles. The number of fused-ring (bicyclic) bond motifs is 4. The smallest absolute Gasteiger partial charge is 0.166 e. The highest BCUT2D eigenvalue weighted by molar-refractivity contribution is 5.99. The third-order valence-corrected chi connectivity index (χ3v) is 13.5. The molecule has 0 saturated carbocycles. The third kappa shape index (κ3) is 6.11. The molecular formula is C58H36N10. The molecule has 0 saturated heterocycles. The zero-order chi connectivity index (χ0) is 44.7. The molecule has 0 fully saturated rings. The first kappa shape index (κ1) is 38.3. The van der Waals surface area contributed by atoms with Crippen molar-refractivity contribution in [2.24, 2.45) is 0 Å². The van der Waals surface area contributed by atoms with Crippen molar-refractivity contribution in [1.82, 2.24) is 49.8 Å². The Morgan fingerprint density at radius 1 is 0.426 bits per heavy atom. The fourth-order valence-corrected chi connectivity index (χ4v) is 10.5. The minimum Gasteiger partial charge on any atom is -0.256 e. The van der Waals surface area contributed by atoms with Crippen LogP contribution in [-0.4, -0.2) is 49.8 Å². The van der Waals surface area contributed by atoms with Gasteiger partial charge in [-0.1, -0.05) is 103 Å². The summed E-state index contributed by atoms with van der Waals surface area (Å²) in [5.74, 6) is 3.34. The largest absolute Gasteiger partial charge is 0.256 e. The quantitative estimate of drug-likeness (QED) is 0.159. The highest BCUT2D eigenvalue weighted by Gasteiger charge is 2.31. The third-order valence-electron chi connectivity index (χ3n) is 13.5. The minimum absolute atomic E-state index is 0.0908. The zero-order valence-corrected chi connectivity index (χ0v) is 36.4. The predicted octanol–water partition coefficient (Wildman–Crippen LogP) is 10.4. The van der Waals surface area contributed by atoms with E-state index in [9.17, 15) is 0 Å². The molecule has 0 radical (unpaired) electrons. The van der Waals surface area contributed by atoms with Gasteiger partial charge >= 0.3 is 0 Å². The number of aryl methyl sites for hydroxylation is 1. The molecule has 1 unspecified atom stereocenters. The summed E-state index contributed by atoms with van der Waals surface area (Å²) in [6.45, 7) is 0. The molecular weight excluding hydrogens is 837 g/mol. The van der Waals surface area contributed by atoms with E-state index in [4.69, 9.17) is 49.8 Å². The molecule has 3 aliphatic carbocycles. The minimum atomic E-state index is -0.0908. The highest BCUT2D eigenvalue weighted by Crippen LogP contribution is 2.42. The van der Waals surface area contributed by atoms with Crippen molar-refractivity contribution >= 4 is 66.8 Å². The molecule has 14 rings (SSSR count). The molecule has 0 spiro atoms. The van der Waals surface area contributed by atoms with Crippen LogP contribution in [0.25, 0.3) is 112 Å². The maximum absolute atomic E-state index is 5.39.